The lowest BCUT2D eigenvalue weighted by atomic mass is 9.93. The van der Waals surface area contributed by atoms with E-state index in [-0.39, 0.29) is 6.10 Å². The second-order valence-electron chi connectivity index (χ2n) is 5.25. The van der Waals surface area contributed by atoms with Gasteiger partial charge in [-0.15, -0.1) is 10.2 Å². The van der Waals surface area contributed by atoms with E-state index in [9.17, 15) is 5.11 Å². The molecule has 5 nitrogen and oxygen atoms in total. The Hall–Kier alpha value is -1.46. The summed E-state index contributed by atoms with van der Waals surface area (Å²) in [5.74, 6) is 0.999. The molecule has 0 spiro atoms. The number of hydrogen-bond donors (Lipinski definition) is 2. The van der Waals surface area contributed by atoms with Gasteiger partial charge in [0.2, 0.25) is 0 Å². The summed E-state index contributed by atoms with van der Waals surface area (Å²) < 4.78 is 2.03. The highest BCUT2D eigenvalue weighted by Gasteiger charge is 2.18. The smallest absolute Gasteiger partial charge is 0.160 e. The first-order valence-corrected chi connectivity index (χ1v) is 7.03. The molecule has 0 unspecified atom stereocenters. The van der Waals surface area contributed by atoms with Crippen molar-refractivity contribution >= 4 is 5.65 Å². The molecule has 0 amide bonds. The monoisotopic (exact) mass is 260 g/mol. The standard InChI is InChI=1S/C14H20N4O/c19-12-6-4-11(5-7-12)15-9-8-14-17-16-13-3-1-2-10-18(13)14/h1-3,10-12,15,19H,4-9H2. The van der Waals surface area contributed by atoms with Gasteiger partial charge in [0, 0.05) is 25.2 Å². The van der Waals surface area contributed by atoms with Crippen molar-refractivity contribution in [3.05, 3.63) is 30.2 Å². The van der Waals surface area contributed by atoms with E-state index in [0.29, 0.717) is 6.04 Å². The zero-order valence-electron chi connectivity index (χ0n) is 11.0. The van der Waals surface area contributed by atoms with Gasteiger partial charge in [-0.3, -0.25) is 4.40 Å². The van der Waals surface area contributed by atoms with Crippen LogP contribution < -0.4 is 5.32 Å². The number of nitrogens with one attached hydrogen (secondary N) is 1. The van der Waals surface area contributed by atoms with Crippen LogP contribution in [0.25, 0.3) is 5.65 Å². The molecular weight excluding hydrogens is 240 g/mol. The first kappa shape index (κ1) is 12.6. The molecule has 2 N–H and O–H groups in total. The fourth-order valence-electron chi connectivity index (χ4n) is 2.73. The van der Waals surface area contributed by atoms with Crippen molar-refractivity contribution in [2.24, 2.45) is 0 Å². The molecule has 19 heavy (non-hydrogen) atoms. The van der Waals surface area contributed by atoms with E-state index in [1.165, 1.54) is 0 Å². The summed E-state index contributed by atoms with van der Waals surface area (Å²) in [6.45, 7) is 0.913. The third-order valence-electron chi connectivity index (χ3n) is 3.86. The van der Waals surface area contributed by atoms with Gasteiger partial charge < -0.3 is 10.4 Å². The molecule has 0 saturated heterocycles. The molecule has 0 atom stereocenters. The summed E-state index contributed by atoms with van der Waals surface area (Å²) >= 11 is 0. The molecule has 3 rings (SSSR count). The molecule has 102 valence electrons. The number of rotatable bonds is 4. The van der Waals surface area contributed by atoms with Crippen molar-refractivity contribution in [2.75, 3.05) is 6.54 Å². The molecule has 0 aliphatic heterocycles. The molecular formula is C14H20N4O. The van der Waals surface area contributed by atoms with E-state index in [1.807, 2.05) is 28.8 Å². The highest BCUT2D eigenvalue weighted by Crippen LogP contribution is 2.18. The Morgan fingerprint density at radius 1 is 1.21 bits per heavy atom. The lowest BCUT2D eigenvalue weighted by Crippen LogP contribution is -2.35. The normalized spacial score (nSPS) is 23.8. The number of nitrogens with zero attached hydrogens (tertiary/aromatic N) is 3. The Balaban J connectivity index is 1.52. The number of fused-ring (bicyclic) bond motifs is 1. The van der Waals surface area contributed by atoms with Crippen LogP contribution in [0, 0.1) is 0 Å². The van der Waals surface area contributed by atoms with Crippen molar-refractivity contribution in [1.29, 1.82) is 0 Å². The quantitative estimate of drug-likeness (QED) is 0.866. The lowest BCUT2D eigenvalue weighted by Gasteiger charge is -2.26. The SMILES string of the molecule is OC1CCC(NCCc2nnc3ccccn23)CC1. The zero-order valence-corrected chi connectivity index (χ0v) is 11.0. The molecule has 5 heteroatoms. The number of aliphatic hydroxyl groups is 1. The van der Waals surface area contributed by atoms with Gasteiger partial charge in [0.05, 0.1) is 6.10 Å². The molecule has 1 saturated carbocycles. The van der Waals surface area contributed by atoms with Crippen molar-refractivity contribution in [3.8, 4) is 0 Å². The Kier molecular flexibility index (Phi) is 3.75. The minimum Gasteiger partial charge on any atom is -0.393 e. The minimum absolute atomic E-state index is 0.0847. The maximum absolute atomic E-state index is 9.47. The molecule has 0 aromatic carbocycles. The van der Waals surface area contributed by atoms with Gasteiger partial charge in [-0.2, -0.15) is 0 Å². The van der Waals surface area contributed by atoms with Crippen LogP contribution in [0.5, 0.6) is 0 Å². The van der Waals surface area contributed by atoms with Gasteiger partial charge in [-0.05, 0) is 37.8 Å². The van der Waals surface area contributed by atoms with Crippen molar-refractivity contribution < 1.29 is 5.11 Å². The van der Waals surface area contributed by atoms with E-state index < -0.39 is 0 Å². The average molecular weight is 260 g/mol. The van der Waals surface area contributed by atoms with Crippen molar-refractivity contribution in [1.82, 2.24) is 19.9 Å². The van der Waals surface area contributed by atoms with E-state index in [1.54, 1.807) is 0 Å². The Morgan fingerprint density at radius 3 is 2.89 bits per heavy atom. The first-order valence-electron chi connectivity index (χ1n) is 7.03. The van der Waals surface area contributed by atoms with Gasteiger partial charge in [0.15, 0.2) is 5.65 Å². The number of hydrogen-bond acceptors (Lipinski definition) is 4. The second kappa shape index (κ2) is 5.67. The zero-order chi connectivity index (χ0) is 13.1. The second-order valence-corrected chi connectivity index (χ2v) is 5.25. The maximum atomic E-state index is 9.47. The van der Waals surface area contributed by atoms with Crippen molar-refractivity contribution in [2.45, 2.75) is 44.2 Å². The molecule has 1 aliphatic rings. The highest BCUT2D eigenvalue weighted by molar-refractivity contribution is 5.36. The number of aromatic nitrogens is 3. The van der Waals surface area contributed by atoms with Crippen molar-refractivity contribution in [3.63, 3.8) is 0 Å². The summed E-state index contributed by atoms with van der Waals surface area (Å²) in [6.07, 6.45) is 6.78. The average Bonchev–Trinajstić information content (AvgIpc) is 2.85. The largest absolute Gasteiger partial charge is 0.393 e. The summed E-state index contributed by atoms with van der Waals surface area (Å²) in [4.78, 5) is 0. The van der Waals surface area contributed by atoms with E-state index in [2.05, 4.69) is 15.5 Å². The fraction of sp³-hybridized carbons (Fsp3) is 0.571. The molecule has 1 fully saturated rings. The molecule has 2 heterocycles. The van der Waals surface area contributed by atoms with E-state index in [4.69, 9.17) is 0 Å². The molecule has 2 aromatic heterocycles. The minimum atomic E-state index is -0.0847. The predicted molar refractivity (Wildman–Crippen MR) is 73.0 cm³/mol. The topological polar surface area (TPSA) is 62.5 Å². The van der Waals surface area contributed by atoms with Crippen LogP contribution in [0.2, 0.25) is 0 Å². The summed E-state index contributed by atoms with van der Waals surface area (Å²) in [5, 5.41) is 21.4. The van der Waals surface area contributed by atoms with Gasteiger partial charge >= 0.3 is 0 Å². The van der Waals surface area contributed by atoms with Gasteiger partial charge in [-0.1, -0.05) is 6.07 Å². The Labute approximate surface area is 112 Å². The third-order valence-corrected chi connectivity index (χ3v) is 3.86. The third kappa shape index (κ3) is 2.93. The van der Waals surface area contributed by atoms with E-state index >= 15 is 0 Å². The fourth-order valence-corrected chi connectivity index (χ4v) is 2.73. The lowest BCUT2D eigenvalue weighted by molar-refractivity contribution is 0.117. The van der Waals surface area contributed by atoms with Crippen LogP contribution in [0.4, 0.5) is 0 Å². The van der Waals surface area contributed by atoms with Crippen LogP contribution in [0.1, 0.15) is 31.5 Å². The van der Waals surface area contributed by atoms with Gasteiger partial charge in [0.25, 0.3) is 0 Å². The van der Waals surface area contributed by atoms with E-state index in [0.717, 1.165) is 50.1 Å². The van der Waals surface area contributed by atoms with Crippen LogP contribution in [0.3, 0.4) is 0 Å². The van der Waals surface area contributed by atoms with Crippen LogP contribution in [-0.2, 0) is 6.42 Å². The Bertz CT molecular complexity index is 531. The van der Waals surface area contributed by atoms with Gasteiger partial charge in [0.1, 0.15) is 5.82 Å². The molecule has 0 radical (unpaired) electrons. The molecule has 1 aliphatic carbocycles. The Morgan fingerprint density at radius 2 is 2.05 bits per heavy atom. The van der Waals surface area contributed by atoms with Gasteiger partial charge in [-0.25, -0.2) is 0 Å². The summed E-state index contributed by atoms with van der Waals surface area (Å²) in [6, 6.07) is 6.48. The highest BCUT2D eigenvalue weighted by atomic mass is 16.3. The maximum Gasteiger partial charge on any atom is 0.160 e. The molecule has 0 bridgehead atoms. The summed E-state index contributed by atoms with van der Waals surface area (Å²) in [5.41, 5.74) is 0.901. The number of pyridine rings is 1. The van der Waals surface area contributed by atoms with Crippen LogP contribution in [0.15, 0.2) is 24.4 Å². The van der Waals surface area contributed by atoms with Crippen LogP contribution >= 0.6 is 0 Å². The molecule has 2 aromatic rings. The summed E-state index contributed by atoms with van der Waals surface area (Å²) in [7, 11) is 0. The predicted octanol–water partition coefficient (Wildman–Crippen LogP) is 1.16. The first-order chi connectivity index (χ1) is 9.33. The van der Waals surface area contributed by atoms with Crippen LogP contribution in [-0.4, -0.2) is 38.4 Å². The number of aliphatic hydroxyl groups excluding tert-OH is 1.